The Balaban J connectivity index is 2.94. The molecular formula is C13H25N3. The summed E-state index contributed by atoms with van der Waals surface area (Å²) in [7, 11) is 1.99. The molecule has 0 radical (unpaired) electrons. The standard InChI is InChI=1S/C13H25N3/c1-7-12-9-11(8-10(2)14-6)15-16(12)13(3,4)5/h9-10,14H,7-8H2,1-6H3. The summed E-state index contributed by atoms with van der Waals surface area (Å²) in [5.74, 6) is 0. The van der Waals surface area contributed by atoms with Gasteiger partial charge in [0.2, 0.25) is 0 Å². The van der Waals surface area contributed by atoms with E-state index in [0.717, 1.165) is 12.8 Å². The van der Waals surface area contributed by atoms with Crippen LogP contribution < -0.4 is 5.32 Å². The second-order valence-electron chi connectivity index (χ2n) is 5.46. The second kappa shape index (κ2) is 5.00. The van der Waals surface area contributed by atoms with Crippen LogP contribution in [-0.2, 0) is 18.4 Å². The number of hydrogen-bond donors (Lipinski definition) is 1. The van der Waals surface area contributed by atoms with E-state index in [9.17, 15) is 0 Å². The molecule has 0 saturated carbocycles. The maximum absolute atomic E-state index is 4.72. The average molecular weight is 223 g/mol. The molecule has 0 aliphatic heterocycles. The summed E-state index contributed by atoms with van der Waals surface area (Å²) in [5, 5.41) is 7.97. The van der Waals surface area contributed by atoms with Crippen LogP contribution in [0.5, 0.6) is 0 Å². The minimum absolute atomic E-state index is 0.0759. The van der Waals surface area contributed by atoms with E-state index in [2.05, 4.69) is 50.7 Å². The molecule has 1 unspecified atom stereocenters. The molecule has 1 N–H and O–H groups in total. The quantitative estimate of drug-likeness (QED) is 0.849. The first-order valence-corrected chi connectivity index (χ1v) is 6.14. The Morgan fingerprint density at radius 3 is 2.44 bits per heavy atom. The van der Waals surface area contributed by atoms with Gasteiger partial charge in [-0.2, -0.15) is 5.10 Å². The Hall–Kier alpha value is -0.830. The molecule has 0 aliphatic carbocycles. The van der Waals surface area contributed by atoms with Crippen molar-refractivity contribution in [2.24, 2.45) is 0 Å². The zero-order chi connectivity index (χ0) is 12.3. The molecule has 16 heavy (non-hydrogen) atoms. The molecule has 0 fully saturated rings. The molecule has 0 amide bonds. The Kier molecular flexibility index (Phi) is 4.14. The normalized spacial score (nSPS) is 14.1. The number of nitrogens with zero attached hydrogens (tertiary/aromatic N) is 2. The number of rotatable bonds is 4. The minimum atomic E-state index is 0.0759. The van der Waals surface area contributed by atoms with Crippen LogP contribution in [0.2, 0.25) is 0 Å². The van der Waals surface area contributed by atoms with Crippen molar-refractivity contribution in [3.63, 3.8) is 0 Å². The largest absolute Gasteiger partial charge is 0.317 e. The van der Waals surface area contributed by atoms with Gasteiger partial charge in [0.1, 0.15) is 0 Å². The van der Waals surface area contributed by atoms with Crippen LogP contribution in [0.15, 0.2) is 6.07 Å². The van der Waals surface area contributed by atoms with Crippen molar-refractivity contribution in [2.45, 2.75) is 59.0 Å². The van der Waals surface area contributed by atoms with E-state index in [1.807, 2.05) is 7.05 Å². The van der Waals surface area contributed by atoms with Crippen molar-refractivity contribution in [3.05, 3.63) is 17.5 Å². The maximum atomic E-state index is 4.72. The molecule has 0 aromatic carbocycles. The Morgan fingerprint density at radius 1 is 1.44 bits per heavy atom. The monoisotopic (exact) mass is 223 g/mol. The van der Waals surface area contributed by atoms with Crippen molar-refractivity contribution in [3.8, 4) is 0 Å². The van der Waals surface area contributed by atoms with Gasteiger partial charge in [0, 0.05) is 18.2 Å². The van der Waals surface area contributed by atoms with E-state index in [1.165, 1.54) is 11.4 Å². The molecular weight excluding hydrogens is 198 g/mol. The first-order chi connectivity index (χ1) is 7.38. The zero-order valence-corrected chi connectivity index (χ0v) is 11.5. The van der Waals surface area contributed by atoms with Gasteiger partial charge in [-0.3, -0.25) is 4.68 Å². The first-order valence-electron chi connectivity index (χ1n) is 6.14. The fourth-order valence-electron chi connectivity index (χ4n) is 1.82. The van der Waals surface area contributed by atoms with E-state index in [1.54, 1.807) is 0 Å². The third kappa shape index (κ3) is 3.08. The van der Waals surface area contributed by atoms with Crippen LogP contribution in [0, 0.1) is 0 Å². The number of aryl methyl sites for hydroxylation is 1. The molecule has 0 spiro atoms. The molecule has 0 saturated heterocycles. The van der Waals surface area contributed by atoms with Gasteiger partial charge in [0.25, 0.3) is 0 Å². The van der Waals surface area contributed by atoms with Crippen LogP contribution >= 0.6 is 0 Å². The van der Waals surface area contributed by atoms with E-state index in [4.69, 9.17) is 5.10 Å². The van der Waals surface area contributed by atoms with Gasteiger partial charge in [0.15, 0.2) is 0 Å². The highest BCUT2D eigenvalue weighted by molar-refractivity contribution is 5.13. The SMILES string of the molecule is CCc1cc(CC(C)NC)nn1C(C)(C)C. The number of aromatic nitrogens is 2. The van der Waals surface area contributed by atoms with E-state index in [0.29, 0.717) is 6.04 Å². The third-order valence-corrected chi connectivity index (χ3v) is 2.84. The van der Waals surface area contributed by atoms with Crippen molar-refractivity contribution in [2.75, 3.05) is 7.05 Å². The van der Waals surface area contributed by atoms with Crippen molar-refractivity contribution < 1.29 is 0 Å². The zero-order valence-electron chi connectivity index (χ0n) is 11.5. The maximum Gasteiger partial charge on any atom is 0.0643 e. The fraction of sp³-hybridized carbons (Fsp3) is 0.769. The predicted octanol–water partition coefficient (Wildman–Crippen LogP) is 2.35. The molecule has 1 rings (SSSR count). The minimum Gasteiger partial charge on any atom is -0.317 e. The fourth-order valence-corrected chi connectivity index (χ4v) is 1.82. The highest BCUT2D eigenvalue weighted by atomic mass is 15.3. The molecule has 92 valence electrons. The van der Waals surface area contributed by atoms with Gasteiger partial charge in [-0.25, -0.2) is 0 Å². The molecule has 1 heterocycles. The lowest BCUT2D eigenvalue weighted by molar-refractivity contribution is 0.341. The van der Waals surface area contributed by atoms with Crippen molar-refractivity contribution >= 4 is 0 Å². The Bertz CT molecular complexity index is 333. The molecule has 0 aliphatic rings. The average Bonchev–Trinajstić information content (AvgIpc) is 2.60. The van der Waals surface area contributed by atoms with Gasteiger partial charge in [-0.1, -0.05) is 6.92 Å². The van der Waals surface area contributed by atoms with E-state index in [-0.39, 0.29) is 5.54 Å². The summed E-state index contributed by atoms with van der Waals surface area (Å²) in [6.07, 6.45) is 2.03. The smallest absolute Gasteiger partial charge is 0.0643 e. The second-order valence-corrected chi connectivity index (χ2v) is 5.46. The van der Waals surface area contributed by atoms with Crippen molar-refractivity contribution in [1.82, 2.24) is 15.1 Å². The first kappa shape index (κ1) is 13.2. The van der Waals surface area contributed by atoms with Gasteiger partial charge < -0.3 is 5.32 Å². The van der Waals surface area contributed by atoms with Crippen LogP contribution in [0.3, 0.4) is 0 Å². The molecule has 0 bridgehead atoms. The lowest BCUT2D eigenvalue weighted by Gasteiger charge is -2.22. The summed E-state index contributed by atoms with van der Waals surface area (Å²) in [4.78, 5) is 0. The molecule has 3 heteroatoms. The Morgan fingerprint density at radius 2 is 2.06 bits per heavy atom. The summed E-state index contributed by atoms with van der Waals surface area (Å²) in [6.45, 7) is 11.0. The van der Waals surface area contributed by atoms with Gasteiger partial charge in [0.05, 0.1) is 11.2 Å². The Labute approximate surface area is 99.2 Å². The molecule has 3 nitrogen and oxygen atoms in total. The van der Waals surface area contributed by atoms with E-state index >= 15 is 0 Å². The van der Waals surface area contributed by atoms with Gasteiger partial charge >= 0.3 is 0 Å². The molecule has 1 aromatic rings. The summed E-state index contributed by atoms with van der Waals surface area (Å²) in [5.41, 5.74) is 2.59. The molecule has 1 atom stereocenters. The van der Waals surface area contributed by atoms with Crippen LogP contribution in [0.4, 0.5) is 0 Å². The third-order valence-electron chi connectivity index (χ3n) is 2.84. The van der Waals surface area contributed by atoms with E-state index < -0.39 is 0 Å². The van der Waals surface area contributed by atoms with Gasteiger partial charge in [-0.15, -0.1) is 0 Å². The highest BCUT2D eigenvalue weighted by Crippen LogP contribution is 2.18. The highest BCUT2D eigenvalue weighted by Gasteiger charge is 2.18. The lowest BCUT2D eigenvalue weighted by atomic mass is 10.1. The topological polar surface area (TPSA) is 29.9 Å². The number of likely N-dealkylation sites (N-methyl/N-ethyl adjacent to an activating group) is 1. The lowest BCUT2D eigenvalue weighted by Crippen LogP contribution is -2.26. The summed E-state index contributed by atoms with van der Waals surface area (Å²) in [6, 6.07) is 2.71. The van der Waals surface area contributed by atoms with Crippen LogP contribution in [-0.4, -0.2) is 22.9 Å². The number of hydrogen-bond acceptors (Lipinski definition) is 2. The summed E-state index contributed by atoms with van der Waals surface area (Å²) < 4.78 is 2.16. The molecule has 1 aromatic heterocycles. The number of nitrogens with one attached hydrogen (secondary N) is 1. The predicted molar refractivity (Wildman–Crippen MR) is 68.8 cm³/mol. The van der Waals surface area contributed by atoms with Crippen LogP contribution in [0.1, 0.15) is 46.0 Å². The van der Waals surface area contributed by atoms with Crippen molar-refractivity contribution in [1.29, 1.82) is 0 Å². The summed E-state index contributed by atoms with van der Waals surface area (Å²) >= 11 is 0. The van der Waals surface area contributed by atoms with Crippen LogP contribution in [0.25, 0.3) is 0 Å². The van der Waals surface area contributed by atoms with Gasteiger partial charge in [-0.05, 0) is 47.2 Å².